The smallest absolute Gasteiger partial charge is 0.315 e. The molecule has 226 valence electrons. The lowest BCUT2D eigenvalue weighted by molar-refractivity contribution is -0.144. The first-order chi connectivity index (χ1) is 18.2. The van der Waals surface area contributed by atoms with Crippen molar-refractivity contribution >= 4 is 42.2 Å². The highest BCUT2D eigenvalue weighted by atomic mass is 32.1. The normalized spacial score (nSPS) is 27.6. The number of ketones is 1. The summed E-state index contributed by atoms with van der Waals surface area (Å²) >= 11 is 4.65. The maximum absolute atomic E-state index is 14.1. The number of amides is 5. The molecule has 4 N–H and O–H groups in total. The number of carbonyl (C=O) groups is 5. The molecule has 7 atom stereocenters. The SMILES string of the molecule is CC(=O)C[C@H](S)[C@H](C[C@@H]1CCNC1=O)NC(=O)[C@@H]1[C@@H]2[C@H](CN1C(=O)[C@@H](NC(=O)NC(C)(C)C)C(C)(C)C)C2(C)C. The molecule has 0 aromatic carbocycles. The minimum atomic E-state index is -0.848. The molecule has 3 aliphatic rings. The van der Waals surface area contributed by atoms with Gasteiger partial charge in [0.2, 0.25) is 17.7 Å². The summed E-state index contributed by atoms with van der Waals surface area (Å²) in [5.74, 6) is -0.836. The molecule has 2 saturated heterocycles. The number of nitrogens with one attached hydrogen (secondary N) is 4. The third kappa shape index (κ3) is 7.31. The zero-order valence-corrected chi connectivity index (χ0v) is 26.4. The van der Waals surface area contributed by atoms with Gasteiger partial charge in [-0.15, -0.1) is 0 Å². The van der Waals surface area contributed by atoms with Gasteiger partial charge in [-0.25, -0.2) is 4.79 Å². The number of fused-ring (bicyclic) bond motifs is 1. The Balaban J connectivity index is 1.85. The molecule has 1 saturated carbocycles. The second-order valence-corrected chi connectivity index (χ2v) is 15.3. The molecule has 11 heteroatoms. The number of nitrogens with zero attached hydrogens (tertiary/aromatic N) is 1. The molecule has 0 radical (unpaired) electrons. The molecule has 2 heterocycles. The van der Waals surface area contributed by atoms with Crippen LogP contribution in [-0.4, -0.2) is 76.4 Å². The van der Waals surface area contributed by atoms with E-state index in [1.54, 1.807) is 4.90 Å². The van der Waals surface area contributed by atoms with E-state index in [-0.39, 0.29) is 53.1 Å². The molecule has 0 aromatic rings. The second-order valence-electron chi connectivity index (χ2n) is 14.6. The van der Waals surface area contributed by atoms with Gasteiger partial charge in [-0.1, -0.05) is 34.6 Å². The van der Waals surface area contributed by atoms with Crippen LogP contribution in [0, 0.1) is 28.6 Å². The summed E-state index contributed by atoms with van der Waals surface area (Å²) in [6.07, 6.45) is 1.19. The summed E-state index contributed by atoms with van der Waals surface area (Å²) in [5, 5.41) is 11.2. The Kier molecular flexibility index (Phi) is 9.28. The predicted octanol–water partition coefficient (Wildman–Crippen LogP) is 2.27. The quantitative estimate of drug-likeness (QED) is 0.267. The zero-order valence-electron chi connectivity index (χ0n) is 25.5. The van der Waals surface area contributed by atoms with Crippen LogP contribution >= 0.6 is 12.6 Å². The third-order valence-corrected chi connectivity index (χ3v) is 9.17. The Hall–Kier alpha value is -2.30. The van der Waals surface area contributed by atoms with Crippen molar-refractivity contribution in [3.63, 3.8) is 0 Å². The Morgan fingerprint density at radius 3 is 2.23 bits per heavy atom. The summed E-state index contributed by atoms with van der Waals surface area (Å²) in [6.45, 7) is 18.0. The van der Waals surface area contributed by atoms with Gasteiger partial charge >= 0.3 is 6.03 Å². The first kappa shape index (κ1) is 32.2. The highest BCUT2D eigenvalue weighted by molar-refractivity contribution is 7.81. The van der Waals surface area contributed by atoms with Crippen molar-refractivity contribution in [2.24, 2.45) is 28.6 Å². The number of Topliss-reactive ketones (excluding diaryl/α,β-unsaturated/α-hetero) is 1. The molecule has 0 unspecified atom stereocenters. The number of likely N-dealkylation sites (tertiary alicyclic amines) is 1. The summed E-state index contributed by atoms with van der Waals surface area (Å²) in [7, 11) is 0. The van der Waals surface area contributed by atoms with Crippen LogP contribution < -0.4 is 21.3 Å². The van der Waals surface area contributed by atoms with Crippen molar-refractivity contribution in [1.82, 2.24) is 26.2 Å². The Morgan fingerprint density at radius 2 is 1.73 bits per heavy atom. The van der Waals surface area contributed by atoms with Crippen molar-refractivity contribution in [3.05, 3.63) is 0 Å². The molecule has 0 aromatic heterocycles. The van der Waals surface area contributed by atoms with Gasteiger partial charge in [0.15, 0.2) is 0 Å². The van der Waals surface area contributed by atoms with Gasteiger partial charge in [0, 0.05) is 42.3 Å². The molecule has 0 spiro atoms. The molecular formula is C29H49N5O5S. The van der Waals surface area contributed by atoms with E-state index in [1.165, 1.54) is 6.92 Å². The largest absolute Gasteiger partial charge is 0.356 e. The van der Waals surface area contributed by atoms with Crippen LogP contribution in [0.3, 0.4) is 0 Å². The standard InChI is InChI=1S/C29H49N5O5S/c1-15(35)12-19(40)18(13-16-10-11-30-23(16)36)31-24(37)21-20-17(29(20,8)9)14-34(21)25(38)22(27(2,3)4)32-26(39)33-28(5,6)7/h16-22,40H,10-14H2,1-9H3,(H,30,36)(H,31,37)(H2,32,33,39)/t16-,17-,18-,19-,20-,21-,22+/m0/s1. The van der Waals surface area contributed by atoms with Crippen molar-refractivity contribution in [2.75, 3.05) is 13.1 Å². The average Bonchev–Trinajstić information content (AvgIpc) is 3.14. The number of urea groups is 1. The van der Waals surface area contributed by atoms with Gasteiger partial charge in [0.05, 0.1) is 0 Å². The fraction of sp³-hybridized carbons (Fsp3) is 0.828. The van der Waals surface area contributed by atoms with Crippen molar-refractivity contribution in [3.8, 4) is 0 Å². The Bertz CT molecular complexity index is 1030. The van der Waals surface area contributed by atoms with Crippen molar-refractivity contribution in [2.45, 2.75) is 110 Å². The van der Waals surface area contributed by atoms with E-state index in [4.69, 9.17) is 0 Å². The lowest BCUT2D eigenvalue weighted by Crippen LogP contribution is -2.62. The monoisotopic (exact) mass is 579 g/mol. The molecular weight excluding hydrogens is 530 g/mol. The first-order valence-electron chi connectivity index (χ1n) is 14.4. The molecule has 5 amide bonds. The summed E-state index contributed by atoms with van der Waals surface area (Å²) in [4.78, 5) is 66.7. The molecule has 3 rings (SSSR count). The lowest BCUT2D eigenvalue weighted by Gasteiger charge is -2.38. The molecule has 40 heavy (non-hydrogen) atoms. The highest BCUT2D eigenvalue weighted by Gasteiger charge is 2.69. The number of carbonyl (C=O) groups excluding carboxylic acids is 5. The second kappa shape index (κ2) is 11.5. The maximum atomic E-state index is 14.1. The number of rotatable bonds is 9. The summed E-state index contributed by atoms with van der Waals surface area (Å²) < 4.78 is 0. The van der Waals surface area contributed by atoms with Gasteiger partial charge in [-0.3, -0.25) is 19.2 Å². The summed E-state index contributed by atoms with van der Waals surface area (Å²) in [6, 6.07) is -2.52. The lowest BCUT2D eigenvalue weighted by atomic mass is 9.85. The van der Waals surface area contributed by atoms with E-state index in [0.29, 0.717) is 25.9 Å². The molecule has 2 aliphatic heterocycles. The van der Waals surface area contributed by atoms with Crippen molar-refractivity contribution < 1.29 is 24.0 Å². The number of thiol groups is 1. The van der Waals surface area contributed by atoms with E-state index >= 15 is 0 Å². The minimum Gasteiger partial charge on any atom is -0.356 e. The number of piperidine rings is 1. The van der Waals surface area contributed by atoms with E-state index < -0.39 is 40.4 Å². The van der Waals surface area contributed by atoms with E-state index in [0.717, 1.165) is 0 Å². The van der Waals surface area contributed by atoms with Gasteiger partial charge in [0.25, 0.3) is 0 Å². The van der Waals surface area contributed by atoms with Gasteiger partial charge in [-0.05, 0) is 63.2 Å². The van der Waals surface area contributed by atoms with Gasteiger partial charge < -0.3 is 26.2 Å². The van der Waals surface area contributed by atoms with E-state index in [1.807, 2.05) is 41.5 Å². The predicted molar refractivity (Wildman–Crippen MR) is 157 cm³/mol. The van der Waals surface area contributed by atoms with Crippen LogP contribution in [0.25, 0.3) is 0 Å². The first-order valence-corrected chi connectivity index (χ1v) is 14.9. The van der Waals surface area contributed by atoms with Gasteiger partial charge in [-0.2, -0.15) is 12.6 Å². The van der Waals surface area contributed by atoms with Crippen LogP contribution in [0.4, 0.5) is 4.79 Å². The third-order valence-electron chi connectivity index (χ3n) is 8.63. The minimum absolute atomic E-state index is 0.0259. The maximum Gasteiger partial charge on any atom is 0.315 e. The summed E-state index contributed by atoms with van der Waals surface area (Å²) in [5.41, 5.74) is -1.19. The number of hydrogen-bond donors (Lipinski definition) is 5. The van der Waals surface area contributed by atoms with Crippen molar-refractivity contribution in [1.29, 1.82) is 0 Å². The van der Waals surface area contributed by atoms with Crippen LogP contribution in [0.15, 0.2) is 0 Å². The zero-order chi connectivity index (χ0) is 30.4. The average molecular weight is 580 g/mol. The van der Waals surface area contributed by atoms with Crippen LogP contribution in [0.2, 0.25) is 0 Å². The van der Waals surface area contributed by atoms with Crippen LogP contribution in [0.5, 0.6) is 0 Å². The van der Waals surface area contributed by atoms with Gasteiger partial charge in [0.1, 0.15) is 17.9 Å². The molecule has 0 bridgehead atoms. The highest BCUT2D eigenvalue weighted by Crippen LogP contribution is 2.65. The Labute approximate surface area is 244 Å². The van der Waals surface area contributed by atoms with Crippen LogP contribution in [0.1, 0.15) is 81.6 Å². The molecule has 1 aliphatic carbocycles. The topological polar surface area (TPSA) is 137 Å². The Morgan fingerprint density at radius 1 is 1.10 bits per heavy atom. The fourth-order valence-electron chi connectivity index (χ4n) is 6.33. The number of hydrogen-bond acceptors (Lipinski definition) is 6. The van der Waals surface area contributed by atoms with E-state index in [9.17, 15) is 24.0 Å². The van der Waals surface area contributed by atoms with Crippen LogP contribution in [-0.2, 0) is 19.2 Å². The van der Waals surface area contributed by atoms with E-state index in [2.05, 4.69) is 47.7 Å². The molecule has 10 nitrogen and oxygen atoms in total. The molecule has 3 fully saturated rings. The fourth-order valence-corrected chi connectivity index (χ4v) is 6.78.